The van der Waals surface area contributed by atoms with Crippen LogP contribution in [0.1, 0.15) is 13.8 Å². The molecule has 0 aliphatic carbocycles. The van der Waals surface area contributed by atoms with E-state index in [1.807, 2.05) is 68.4 Å². The molecule has 0 saturated carbocycles. The molecule has 0 spiro atoms. The van der Waals surface area contributed by atoms with Crippen molar-refractivity contribution >= 4 is 23.4 Å². The summed E-state index contributed by atoms with van der Waals surface area (Å²) in [6.07, 6.45) is 0. The molecule has 0 saturated heterocycles. The van der Waals surface area contributed by atoms with Crippen LogP contribution in [-0.2, 0) is 4.79 Å². The largest absolute Gasteiger partial charge is 0.497 e. The molecule has 2 aromatic carbocycles. The number of ether oxygens (including phenoxy) is 1. The minimum absolute atomic E-state index is 0.0137. The minimum Gasteiger partial charge on any atom is -0.497 e. The fourth-order valence-electron chi connectivity index (χ4n) is 2.83. The average molecular weight is 398 g/mol. The molecular formula is C20H23N5O2S. The van der Waals surface area contributed by atoms with Crippen LogP contribution >= 0.6 is 11.8 Å². The molecule has 0 atom stereocenters. The quantitative estimate of drug-likeness (QED) is 0.487. The molecular weight excluding hydrogens is 374 g/mol. The molecule has 0 bridgehead atoms. The first kappa shape index (κ1) is 19.8. The van der Waals surface area contributed by atoms with Crippen molar-refractivity contribution in [3.8, 4) is 17.1 Å². The van der Waals surface area contributed by atoms with Crippen molar-refractivity contribution in [1.82, 2.24) is 14.9 Å². The highest BCUT2D eigenvalue weighted by Crippen LogP contribution is 2.25. The Kier molecular flexibility index (Phi) is 6.20. The van der Waals surface area contributed by atoms with E-state index in [1.54, 1.807) is 12.0 Å². The Bertz CT molecular complexity index is 926. The summed E-state index contributed by atoms with van der Waals surface area (Å²) in [7, 11) is 1.61. The fourth-order valence-corrected chi connectivity index (χ4v) is 3.54. The van der Waals surface area contributed by atoms with Gasteiger partial charge in [0, 0.05) is 17.3 Å². The highest BCUT2D eigenvalue weighted by Gasteiger charge is 2.21. The fraction of sp³-hybridized carbons (Fsp3) is 0.250. The summed E-state index contributed by atoms with van der Waals surface area (Å²) in [6.45, 7) is 3.98. The van der Waals surface area contributed by atoms with E-state index in [9.17, 15) is 4.79 Å². The summed E-state index contributed by atoms with van der Waals surface area (Å²) in [5.74, 6) is 7.63. The van der Waals surface area contributed by atoms with Crippen LogP contribution in [0.25, 0.3) is 11.4 Å². The molecule has 3 aromatic rings. The summed E-state index contributed by atoms with van der Waals surface area (Å²) in [6, 6.07) is 17.1. The highest BCUT2D eigenvalue weighted by atomic mass is 32.2. The van der Waals surface area contributed by atoms with Gasteiger partial charge in [-0.05, 0) is 50.2 Å². The number of nitrogen functional groups attached to an aromatic ring is 1. The van der Waals surface area contributed by atoms with Gasteiger partial charge in [0.1, 0.15) is 5.75 Å². The Balaban J connectivity index is 1.72. The van der Waals surface area contributed by atoms with E-state index in [0.29, 0.717) is 11.0 Å². The lowest BCUT2D eigenvalue weighted by Crippen LogP contribution is -2.38. The average Bonchev–Trinajstić information content (AvgIpc) is 3.07. The molecule has 3 rings (SSSR count). The zero-order valence-electron chi connectivity index (χ0n) is 16.1. The maximum absolute atomic E-state index is 12.8. The van der Waals surface area contributed by atoms with Gasteiger partial charge < -0.3 is 15.5 Å². The molecule has 2 N–H and O–H groups in total. The number of hydrogen-bond donors (Lipinski definition) is 1. The summed E-state index contributed by atoms with van der Waals surface area (Å²) in [5.41, 5.74) is 1.69. The number of para-hydroxylation sites is 1. The van der Waals surface area contributed by atoms with Gasteiger partial charge in [0.2, 0.25) is 11.1 Å². The number of methoxy groups -OCH3 is 1. The minimum atomic E-state index is -0.0137. The Morgan fingerprint density at radius 2 is 1.82 bits per heavy atom. The van der Waals surface area contributed by atoms with Gasteiger partial charge in [-0.2, -0.15) is 0 Å². The van der Waals surface area contributed by atoms with Gasteiger partial charge in [-0.25, -0.2) is 4.68 Å². The molecule has 1 amide bonds. The molecule has 0 aliphatic heterocycles. The number of rotatable bonds is 7. The second-order valence-electron chi connectivity index (χ2n) is 6.39. The lowest BCUT2D eigenvalue weighted by Gasteiger charge is -2.26. The third-order valence-corrected chi connectivity index (χ3v) is 5.08. The number of hydrogen-bond acceptors (Lipinski definition) is 6. The van der Waals surface area contributed by atoms with Crippen LogP contribution in [0.2, 0.25) is 0 Å². The van der Waals surface area contributed by atoms with Gasteiger partial charge in [-0.1, -0.05) is 30.0 Å². The van der Waals surface area contributed by atoms with Gasteiger partial charge in [0.25, 0.3) is 0 Å². The molecule has 1 aromatic heterocycles. The predicted molar refractivity (Wildman–Crippen MR) is 112 cm³/mol. The monoisotopic (exact) mass is 397 g/mol. The Morgan fingerprint density at radius 3 is 2.43 bits per heavy atom. The molecule has 0 aliphatic rings. The van der Waals surface area contributed by atoms with Crippen LogP contribution in [0.5, 0.6) is 5.75 Å². The van der Waals surface area contributed by atoms with Crippen LogP contribution in [0.15, 0.2) is 59.8 Å². The van der Waals surface area contributed by atoms with E-state index in [-0.39, 0.29) is 17.7 Å². The van der Waals surface area contributed by atoms with Crippen molar-refractivity contribution in [3.05, 3.63) is 54.6 Å². The Morgan fingerprint density at radius 1 is 1.14 bits per heavy atom. The van der Waals surface area contributed by atoms with Crippen LogP contribution < -0.4 is 15.5 Å². The number of thioether (sulfide) groups is 1. The van der Waals surface area contributed by atoms with Crippen molar-refractivity contribution in [2.24, 2.45) is 0 Å². The van der Waals surface area contributed by atoms with Crippen molar-refractivity contribution in [2.75, 3.05) is 23.6 Å². The Hall–Kier alpha value is -3.00. The van der Waals surface area contributed by atoms with Gasteiger partial charge in [0.05, 0.1) is 12.9 Å². The van der Waals surface area contributed by atoms with Crippen LogP contribution in [0.4, 0.5) is 5.69 Å². The van der Waals surface area contributed by atoms with E-state index in [4.69, 9.17) is 10.6 Å². The van der Waals surface area contributed by atoms with E-state index < -0.39 is 0 Å². The molecule has 1 heterocycles. The highest BCUT2D eigenvalue weighted by molar-refractivity contribution is 7.99. The van der Waals surface area contributed by atoms with Crippen molar-refractivity contribution in [1.29, 1.82) is 0 Å². The van der Waals surface area contributed by atoms with Crippen LogP contribution in [0.3, 0.4) is 0 Å². The number of benzene rings is 2. The zero-order chi connectivity index (χ0) is 20.1. The summed E-state index contributed by atoms with van der Waals surface area (Å²) in [5, 5.41) is 8.77. The first-order valence-electron chi connectivity index (χ1n) is 8.86. The van der Waals surface area contributed by atoms with Gasteiger partial charge in [-0.3, -0.25) is 4.79 Å². The van der Waals surface area contributed by atoms with Crippen molar-refractivity contribution in [2.45, 2.75) is 25.0 Å². The molecule has 0 radical (unpaired) electrons. The third kappa shape index (κ3) is 4.28. The lowest BCUT2D eigenvalue weighted by atomic mass is 10.2. The predicted octanol–water partition coefficient (Wildman–Crippen LogP) is 3.20. The number of carbonyl (C=O) groups is 1. The summed E-state index contributed by atoms with van der Waals surface area (Å²) >= 11 is 1.27. The number of amides is 1. The normalized spacial score (nSPS) is 10.9. The van der Waals surface area contributed by atoms with Crippen molar-refractivity contribution in [3.63, 3.8) is 0 Å². The number of nitrogens with two attached hydrogens (primary N) is 1. The second kappa shape index (κ2) is 8.79. The molecule has 146 valence electrons. The number of nitrogens with zero attached hydrogens (tertiary/aromatic N) is 4. The van der Waals surface area contributed by atoms with Gasteiger partial charge in [0.15, 0.2) is 5.82 Å². The Labute approximate surface area is 168 Å². The first-order chi connectivity index (χ1) is 13.5. The molecule has 0 unspecified atom stereocenters. The van der Waals surface area contributed by atoms with E-state index in [0.717, 1.165) is 17.0 Å². The maximum Gasteiger partial charge on any atom is 0.237 e. The zero-order valence-corrected chi connectivity index (χ0v) is 16.9. The molecule has 8 heteroatoms. The van der Waals surface area contributed by atoms with Crippen LogP contribution in [-0.4, -0.2) is 39.7 Å². The molecule has 7 nitrogen and oxygen atoms in total. The smallest absolute Gasteiger partial charge is 0.237 e. The molecule has 28 heavy (non-hydrogen) atoms. The maximum atomic E-state index is 12.8. The number of anilines is 1. The summed E-state index contributed by atoms with van der Waals surface area (Å²) < 4.78 is 6.57. The van der Waals surface area contributed by atoms with E-state index in [1.165, 1.54) is 16.4 Å². The number of aromatic nitrogens is 3. The SMILES string of the molecule is COc1ccc(-c2nnc(SCC(=O)N(c3ccccc3)C(C)C)n2N)cc1. The van der Waals surface area contributed by atoms with Crippen molar-refractivity contribution < 1.29 is 9.53 Å². The summed E-state index contributed by atoms with van der Waals surface area (Å²) in [4.78, 5) is 14.6. The first-order valence-corrected chi connectivity index (χ1v) is 9.84. The lowest BCUT2D eigenvalue weighted by molar-refractivity contribution is -0.116. The number of carbonyl (C=O) groups excluding carboxylic acids is 1. The molecule has 0 fully saturated rings. The third-order valence-electron chi connectivity index (χ3n) is 4.16. The van der Waals surface area contributed by atoms with E-state index >= 15 is 0 Å². The van der Waals surface area contributed by atoms with Crippen LogP contribution in [0, 0.1) is 0 Å². The topological polar surface area (TPSA) is 86.3 Å². The van der Waals surface area contributed by atoms with E-state index in [2.05, 4.69) is 10.2 Å². The van der Waals surface area contributed by atoms with Gasteiger partial charge >= 0.3 is 0 Å². The van der Waals surface area contributed by atoms with Gasteiger partial charge in [-0.15, -0.1) is 10.2 Å². The second-order valence-corrected chi connectivity index (χ2v) is 7.33. The standard InChI is InChI=1S/C20H23N5O2S/c1-14(2)24(16-7-5-4-6-8-16)18(26)13-28-20-23-22-19(25(20)21)15-9-11-17(27-3)12-10-15/h4-12,14H,13,21H2,1-3H3.